The molecular formula is C16H22ClN5OS. The topological polar surface area (TPSA) is 56.9 Å². The van der Waals surface area contributed by atoms with E-state index in [4.69, 9.17) is 21.1 Å². The third-order valence-electron chi connectivity index (χ3n) is 3.90. The van der Waals surface area contributed by atoms with Crippen molar-refractivity contribution in [2.24, 2.45) is 4.99 Å². The van der Waals surface area contributed by atoms with Crippen molar-refractivity contribution in [3.8, 4) is 0 Å². The van der Waals surface area contributed by atoms with Crippen LogP contribution in [0.4, 0.5) is 0 Å². The van der Waals surface area contributed by atoms with Gasteiger partial charge in [-0.2, -0.15) is 0 Å². The van der Waals surface area contributed by atoms with Gasteiger partial charge in [-0.15, -0.1) is 11.3 Å². The number of piperazine rings is 1. The summed E-state index contributed by atoms with van der Waals surface area (Å²) in [5, 5.41) is 7.37. The fourth-order valence-electron chi connectivity index (χ4n) is 2.68. The molecule has 0 amide bonds. The van der Waals surface area contributed by atoms with Crippen LogP contribution >= 0.6 is 22.9 Å². The number of nitrogens with zero attached hydrogens (tertiary/aromatic N) is 4. The summed E-state index contributed by atoms with van der Waals surface area (Å²) in [7, 11) is 0. The number of hydrogen-bond donors (Lipinski definition) is 1. The lowest BCUT2D eigenvalue weighted by molar-refractivity contribution is 0.169. The zero-order valence-corrected chi connectivity index (χ0v) is 15.3. The number of rotatable bonds is 5. The summed E-state index contributed by atoms with van der Waals surface area (Å²) in [6.07, 6.45) is 1.62. The summed E-state index contributed by atoms with van der Waals surface area (Å²) in [6.45, 7) is 8.35. The molecule has 0 aliphatic carbocycles. The van der Waals surface area contributed by atoms with Crippen molar-refractivity contribution in [1.82, 2.24) is 20.3 Å². The van der Waals surface area contributed by atoms with E-state index in [1.54, 1.807) is 17.6 Å². The van der Waals surface area contributed by atoms with Crippen LogP contribution in [-0.2, 0) is 13.1 Å². The zero-order chi connectivity index (χ0) is 16.8. The van der Waals surface area contributed by atoms with Crippen LogP contribution in [0.2, 0.25) is 4.34 Å². The molecule has 2 aromatic rings. The Morgan fingerprint density at radius 1 is 1.33 bits per heavy atom. The van der Waals surface area contributed by atoms with E-state index in [-0.39, 0.29) is 0 Å². The molecule has 2 aromatic heterocycles. The van der Waals surface area contributed by atoms with E-state index in [0.717, 1.165) is 55.3 Å². The number of thiophene rings is 1. The third-order valence-corrected chi connectivity index (χ3v) is 5.11. The molecule has 0 bridgehead atoms. The van der Waals surface area contributed by atoms with Gasteiger partial charge in [-0.3, -0.25) is 4.90 Å². The molecule has 1 saturated heterocycles. The van der Waals surface area contributed by atoms with Gasteiger partial charge in [-0.1, -0.05) is 16.8 Å². The van der Waals surface area contributed by atoms with Crippen LogP contribution in [-0.4, -0.2) is 53.6 Å². The van der Waals surface area contributed by atoms with Gasteiger partial charge in [0, 0.05) is 50.2 Å². The van der Waals surface area contributed by atoms with Gasteiger partial charge >= 0.3 is 0 Å². The van der Waals surface area contributed by atoms with Gasteiger partial charge in [0.15, 0.2) is 5.96 Å². The Morgan fingerprint density at radius 3 is 2.79 bits per heavy atom. The van der Waals surface area contributed by atoms with Crippen LogP contribution in [0, 0.1) is 0 Å². The van der Waals surface area contributed by atoms with Crippen LogP contribution in [0.3, 0.4) is 0 Å². The van der Waals surface area contributed by atoms with Crippen molar-refractivity contribution in [1.29, 1.82) is 0 Å². The van der Waals surface area contributed by atoms with Gasteiger partial charge in [0.05, 0.1) is 16.6 Å². The Balaban J connectivity index is 1.54. The highest BCUT2D eigenvalue weighted by Gasteiger charge is 2.20. The van der Waals surface area contributed by atoms with Gasteiger partial charge in [0.1, 0.15) is 6.26 Å². The van der Waals surface area contributed by atoms with Crippen molar-refractivity contribution in [2.45, 2.75) is 20.0 Å². The first kappa shape index (κ1) is 17.3. The first-order valence-corrected chi connectivity index (χ1v) is 9.33. The average Bonchev–Trinajstić information content (AvgIpc) is 3.24. The highest BCUT2D eigenvalue weighted by Crippen LogP contribution is 2.22. The largest absolute Gasteiger partial charge is 0.364 e. The molecule has 1 aliphatic heterocycles. The predicted molar refractivity (Wildman–Crippen MR) is 97.5 cm³/mol. The van der Waals surface area contributed by atoms with E-state index >= 15 is 0 Å². The van der Waals surface area contributed by atoms with Crippen LogP contribution in [0.15, 0.2) is 34.0 Å². The second-order valence-electron chi connectivity index (χ2n) is 5.63. The quantitative estimate of drug-likeness (QED) is 0.650. The molecule has 3 rings (SSSR count). The Hall–Kier alpha value is -1.57. The van der Waals surface area contributed by atoms with Gasteiger partial charge in [0.2, 0.25) is 0 Å². The first-order valence-electron chi connectivity index (χ1n) is 8.13. The molecule has 0 unspecified atom stereocenters. The molecule has 1 N–H and O–H groups in total. The predicted octanol–water partition coefficient (Wildman–Crippen LogP) is 2.67. The third kappa shape index (κ3) is 4.72. The maximum atomic E-state index is 5.99. The van der Waals surface area contributed by atoms with E-state index in [9.17, 15) is 0 Å². The van der Waals surface area contributed by atoms with Gasteiger partial charge < -0.3 is 14.7 Å². The fourth-order valence-corrected chi connectivity index (χ4v) is 3.69. The minimum Gasteiger partial charge on any atom is -0.364 e. The molecule has 0 atom stereocenters. The van der Waals surface area contributed by atoms with Crippen molar-refractivity contribution < 1.29 is 4.52 Å². The molecule has 1 fully saturated rings. The summed E-state index contributed by atoms with van der Waals surface area (Å²) in [5.74, 6) is 0.975. The molecule has 0 aromatic carbocycles. The molecule has 3 heterocycles. The SMILES string of the molecule is CCNC(=NCc1ccc(Cl)s1)N1CCN(Cc2ccon2)CC1. The van der Waals surface area contributed by atoms with Crippen molar-refractivity contribution >= 4 is 28.9 Å². The number of aliphatic imine (C=N–C) groups is 1. The van der Waals surface area contributed by atoms with Gasteiger partial charge in [-0.05, 0) is 19.1 Å². The number of nitrogens with one attached hydrogen (secondary N) is 1. The second-order valence-corrected chi connectivity index (χ2v) is 7.43. The number of halogens is 1. The first-order chi connectivity index (χ1) is 11.7. The summed E-state index contributed by atoms with van der Waals surface area (Å²) in [5.41, 5.74) is 0.985. The molecule has 8 heteroatoms. The Bertz CT molecular complexity index is 649. The van der Waals surface area contributed by atoms with Crippen LogP contribution < -0.4 is 5.32 Å². The summed E-state index contributed by atoms with van der Waals surface area (Å²) >= 11 is 7.57. The molecule has 0 saturated carbocycles. The van der Waals surface area contributed by atoms with Crippen LogP contribution in [0.25, 0.3) is 0 Å². The Morgan fingerprint density at radius 2 is 2.17 bits per heavy atom. The van der Waals surface area contributed by atoms with E-state index in [0.29, 0.717) is 6.54 Å². The summed E-state index contributed by atoms with van der Waals surface area (Å²) in [4.78, 5) is 10.6. The number of guanidine groups is 1. The lowest BCUT2D eigenvalue weighted by atomic mass is 10.3. The Labute approximate surface area is 151 Å². The zero-order valence-electron chi connectivity index (χ0n) is 13.7. The second kappa shape index (κ2) is 8.50. The minimum atomic E-state index is 0.666. The van der Waals surface area contributed by atoms with E-state index < -0.39 is 0 Å². The highest BCUT2D eigenvalue weighted by molar-refractivity contribution is 7.16. The molecule has 130 valence electrons. The average molecular weight is 368 g/mol. The number of hydrogen-bond acceptors (Lipinski definition) is 5. The minimum absolute atomic E-state index is 0.666. The standard InChI is InChI=1S/C16H22ClN5OS/c1-2-18-16(19-11-14-3-4-15(17)24-14)22-8-6-21(7-9-22)12-13-5-10-23-20-13/h3-5,10H,2,6-9,11-12H2,1H3,(H,18,19). The summed E-state index contributed by atoms with van der Waals surface area (Å²) < 4.78 is 5.71. The molecule has 0 spiro atoms. The molecule has 6 nitrogen and oxygen atoms in total. The van der Waals surface area contributed by atoms with Gasteiger partial charge in [-0.25, -0.2) is 4.99 Å². The molecule has 1 aliphatic rings. The maximum absolute atomic E-state index is 5.99. The maximum Gasteiger partial charge on any atom is 0.194 e. The van der Waals surface area contributed by atoms with Crippen LogP contribution in [0.5, 0.6) is 0 Å². The Kier molecular flexibility index (Phi) is 6.12. The lowest BCUT2D eigenvalue weighted by Gasteiger charge is -2.36. The fraction of sp³-hybridized carbons (Fsp3) is 0.500. The molecule has 24 heavy (non-hydrogen) atoms. The smallest absolute Gasteiger partial charge is 0.194 e. The van der Waals surface area contributed by atoms with E-state index in [1.165, 1.54) is 4.88 Å². The monoisotopic (exact) mass is 367 g/mol. The van der Waals surface area contributed by atoms with Crippen molar-refractivity contribution in [3.63, 3.8) is 0 Å². The summed E-state index contributed by atoms with van der Waals surface area (Å²) in [6, 6.07) is 5.88. The highest BCUT2D eigenvalue weighted by atomic mass is 35.5. The van der Waals surface area contributed by atoms with Gasteiger partial charge in [0.25, 0.3) is 0 Å². The molecule has 0 radical (unpaired) electrons. The lowest BCUT2D eigenvalue weighted by Crippen LogP contribution is -2.52. The van der Waals surface area contributed by atoms with E-state index in [2.05, 4.69) is 27.2 Å². The normalized spacial score (nSPS) is 16.6. The van der Waals surface area contributed by atoms with E-state index in [1.807, 2.05) is 18.2 Å². The molecular weight excluding hydrogens is 346 g/mol. The van der Waals surface area contributed by atoms with Crippen molar-refractivity contribution in [3.05, 3.63) is 39.4 Å². The van der Waals surface area contributed by atoms with Crippen LogP contribution in [0.1, 0.15) is 17.5 Å². The van der Waals surface area contributed by atoms with Crippen molar-refractivity contribution in [2.75, 3.05) is 32.7 Å². The number of aromatic nitrogens is 1.